The van der Waals surface area contributed by atoms with Crippen LogP contribution >= 0.6 is 0 Å². The summed E-state index contributed by atoms with van der Waals surface area (Å²) in [7, 11) is -3.37. The number of fused-ring (bicyclic) bond motifs is 1. The van der Waals surface area contributed by atoms with E-state index in [4.69, 9.17) is 18.9 Å². The van der Waals surface area contributed by atoms with Crippen molar-refractivity contribution in [2.45, 2.75) is 24.3 Å². The number of nitrogens with zero attached hydrogens (tertiary/aromatic N) is 5. The van der Waals surface area contributed by atoms with Gasteiger partial charge in [-0.15, -0.1) is 0 Å². The minimum Gasteiger partial charge on any atom is -0.423 e. The van der Waals surface area contributed by atoms with Gasteiger partial charge in [0.1, 0.15) is 24.0 Å². The molecular weight excluding hydrogens is 428 g/mol. The maximum atomic E-state index is 11.6. The first-order valence-corrected chi connectivity index (χ1v) is 12.0. The lowest BCUT2D eigenvalue weighted by atomic mass is 10.1. The molecule has 4 heterocycles. The number of sulfonamides is 1. The largest absolute Gasteiger partial charge is 0.423 e. The highest BCUT2D eigenvalue weighted by molar-refractivity contribution is 7.88. The van der Waals surface area contributed by atoms with E-state index < -0.39 is 22.2 Å². The molecule has 3 fully saturated rings. The third-order valence-electron chi connectivity index (χ3n) is 5.57. The van der Waals surface area contributed by atoms with Crippen LogP contribution in [0.1, 0.15) is 6.04 Å². The Bertz CT molecular complexity index is 1030. The Morgan fingerprint density at radius 1 is 1.16 bits per heavy atom. The predicted octanol–water partition coefficient (Wildman–Crippen LogP) is -0.441. The number of rotatable bonds is 6. The zero-order valence-corrected chi connectivity index (χ0v) is 17.8. The fraction of sp³-hybridized carbons (Fsp3) is 0.611. The summed E-state index contributed by atoms with van der Waals surface area (Å²) in [5.74, 6) is 0.611. The molecule has 4 atom stereocenters. The van der Waals surface area contributed by atoms with E-state index in [1.807, 2.05) is 24.3 Å². The number of anilines is 1. The molecule has 0 spiro atoms. The minimum atomic E-state index is -3.37. The van der Waals surface area contributed by atoms with Gasteiger partial charge in [-0.2, -0.15) is 4.68 Å². The molecule has 1 aromatic carbocycles. The zero-order chi connectivity index (χ0) is 21.4. The molecule has 168 valence electrons. The fourth-order valence-electron chi connectivity index (χ4n) is 4.20. The molecule has 12 nitrogen and oxygen atoms in total. The fourth-order valence-corrected chi connectivity index (χ4v) is 4.95. The Balaban J connectivity index is 1.31. The van der Waals surface area contributed by atoms with Crippen LogP contribution in [-0.4, -0.2) is 92.6 Å². The van der Waals surface area contributed by atoms with Gasteiger partial charge in [-0.05, 0) is 22.6 Å². The average molecular weight is 452 g/mol. The number of benzene rings is 1. The summed E-state index contributed by atoms with van der Waals surface area (Å²) in [5.41, 5.74) is 1.04. The molecule has 5 rings (SSSR count). The topological polar surface area (TPSA) is 130 Å². The highest BCUT2D eigenvalue weighted by Crippen LogP contribution is 2.36. The summed E-state index contributed by atoms with van der Waals surface area (Å²) in [4.78, 5) is 2.23. The third kappa shape index (κ3) is 4.36. The first-order valence-electron chi connectivity index (χ1n) is 10.1. The molecule has 3 aliphatic heterocycles. The molecule has 31 heavy (non-hydrogen) atoms. The minimum absolute atomic E-state index is 0.219. The summed E-state index contributed by atoms with van der Waals surface area (Å²) in [5, 5.41) is 11.8. The van der Waals surface area contributed by atoms with E-state index in [0.717, 1.165) is 25.0 Å². The summed E-state index contributed by atoms with van der Waals surface area (Å²) in [6.45, 7) is 3.55. The summed E-state index contributed by atoms with van der Waals surface area (Å²) < 4.78 is 50.4. The first-order chi connectivity index (χ1) is 15.0. The van der Waals surface area contributed by atoms with Crippen LogP contribution in [0.5, 0.6) is 11.8 Å². The van der Waals surface area contributed by atoms with Gasteiger partial charge >= 0.3 is 6.01 Å². The van der Waals surface area contributed by atoms with Crippen LogP contribution in [0.4, 0.5) is 5.69 Å². The Morgan fingerprint density at radius 2 is 1.97 bits per heavy atom. The van der Waals surface area contributed by atoms with E-state index in [0.29, 0.717) is 19.0 Å². The Kier molecular flexibility index (Phi) is 5.52. The average Bonchev–Trinajstić information content (AvgIpc) is 3.46. The van der Waals surface area contributed by atoms with Crippen molar-refractivity contribution in [1.82, 2.24) is 24.9 Å². The van der Waals surface area contributed by atoms with Crippen molar-refractivity contribution in [2.24, 2.45) is 0 Å². The number of nitrogens with one attached hydrogen (secondary N) is 1. The van der Waals surface area contributed by atoms with Crippen molar-refractivity contribution >= 4 is 15.7 Å². The molecular formula is C18H24N6O6S. The smallest absolute Gasteiger partial charge is 0.341 e. The predicted molar refractivity (Wildman–Crippen MR) is 108 cm³/mol. The molecule has 1 aromatic heterocycles. The van der Waals surface area contributed by atoms with Gasteiger partial charge < -0.3 is 23.8 Å². The van der Waals surface area contributed by atoms with Crippen molar-refractivity contribution in [2.75, 3.05) is 50.7 Å². The van der Waals surface area contributed by atoms with Crippen LogP contribution in [0.3, 0.4) is 0 Å². The van der Waals surface area contributed by atoms with Crippen molar-refractivity contribution in [3.05, 3.63) is 24.3 Å². The number of morpholine rings is 1. The van der Waals surface area contributed by atoms with E-state index in [1.165, 1.54) is 4.68 Å². The van der Waals surface area contributed by atoms with Crippen molar-refractivity contribution in [1.29, 1.82) is 0 Å². The summed E-state index contributed by atoms with van der Waals surface area (Å²) in [6, 6.07) is 7.17. The molecule has 0 amide bonds. The van der Waals surface area contributed by atoms with Crippen LogP contribution in [0, 0.1) is 0 Å². The molecule has 0 aliphatic carbocycles. The number of tetrazole rings is 1. The normalized spacial score (nSPS) is 28.6. The number of hydrogen-bond acceptors (Lipinski definition) is 10. The molecule has 0 bridgehead atoms. The van der Waals surface area contributed by atoms with Gasteiger partial charge in [-0.1, -0.05) is 11.2 Å². The maximum absolute atomic E-state index is 11.6. The van der Waals surface area contributed by atoms with Crippen LogP contribution in [0.2, 0.25) is 0 Å². The standard InChI is InChI=1S/C18H24N6O6S/c1-31(25,26)20-14-10-28-17-15(11-29-16(14)17)24-18(19-21-22-24)30-13-4-2-3-12(9-13)23-5-7-27-8-6-23/h2-4,9,14-17,20H,5-8,10-11H2,1H3/t14-,15-,16+,17+/m0/s1. The lowest BCUT2D eigenvalue weighted by molar-refractivity contribution is 0.0615. The van der Waals surface area contributed by atoms with Gasteiger partial charge in [-0.3, -0.25) is 0 Å². The second kappa shape index (κ2) is 8.31. The molecule has 1 N–H and O–H groups in total. The van der Waals surface area contributed by atoms with Gasteiger partial charge in [0, 0.05) is 24.8 Å². The van der Waals surface area contributed by atoms with E-state index in [1.54, 1.807) is 0 Å². The molecule has 0 saturated carbocycles. The lowest BCUT2D eigenvalue weighted by Crippen LogP contribution is -2.43. The summed E-state index contributed by atoms with van der Waals surface area (Å²) >= 11 is 0. The highest BCUT2D eigenvalue weighted by Gasteiger charge is 2.50. The van der Waals surface area contributed by atoms with Crippen LogP contribution in [0.15, 0.2) is 24.3 Å². The summed E-state index contributed by atoms with van der Waals surface area (Å²) in [6.07, 6.45) is 0.316. The second-order valence-corrected chi connectivity index (χ2v) is 9.54. The van der Waals surface area contributed by atoms with E-state index >= 15 is 0 Å². The van der Waals surface area contributed by atoms with Gasteiger partial charge in [0.15, 0.2) is 0 Å². The van der Waals surface area contributed by atoms with Gasteiger partial charge in [0.25, 0.3) is 0 Å². The molecule has 2 aromatic rings. The molecule has 0 unspecified atom stereocenters. The SMILES string of the molecule is CS(=O)(=O)N[C@H]1CO[C@H]2[C@@H]1OC[C@@H]2n1nnnc1Oc1cccc(N2CCOCC2)c1. The Morgan fingerprint density at radius 3 is 2.77 bits per heavy atom. The monoisotopic (exact) mass is 452 g/mol. The lowest BCUT2D eigenvalue weighted by Gasteiger charge is -2.29. The van der Waals surface area contributed by atoms with Crippen LogP contribution < -0.4 is 14.4 Å². The van der Waals surface area contributed by atoms with Crippen molar-refractivity contribution in [3.63, 3.8) is 0 Å². The van der Waals surface area contributed by atoms with Crippen molar-refractivity contribution < 1.29 is 27.4 Å². The highest BCUT2D eigenvalue weighted by atomic mass is 32.2. The molecule has 3 aliphatic rings. The maximum Gasteiger partial charge on any atom is 0.341 e. The third-order valence-corrected chi connectivity index (χ3v) is 6.30. The van der Waals surface area contributed by atoms with Crippen molar-refractivity contribution in [3.8, 4) is 11.8 Å². The molecule has 3 saturated heterocycles. The van der Waals surface area contributed by atoms with E-state index in [-0.39, 0.29) is 31.4 Å². The molecule has 0 radical (unpaired) electrons. The Labute approximate surface area is 179 Å². The second-order valence-electron chi connectivity index (χ2n) is 7.76. The van der Waals surface area contributed by atoms with E-state index in [9.17, 15) is 8.42 Å². The van der Waals surface area contributed by atoms with Gasteiger partial charge in [0.05, 0.1) is 38.7 Å². The van der Waals surface area contributed by atoms with Crippen LogP contribution in [-0.2, 0) is 24.2 Å². The quantitative estimate of drug-likeness (QED) is 0.615. The zero-order valence-electron chi connectivity index (χ0n) is 17.0. The van der Waals surface area contributed by atoms with Gasteiger partial charge in [0.2, 0.25) is 10.0 Å². The first kappa shape index (κ1) is 20.6. The number of aromatic nitrogens is 4. The molecule has 13 heteroatoms. The van der Waals surface area contributed by atoms with Crippen LogP contribution in [0.25, 0.3) is 0 Å². The number of ether oxygens (including phenoxy) is 4. The van der Waals surface area contributed by atoms with Gasteiger partial charge in [-0.25, -0.2) is 13.1 Å². The van der Waals surface area contributed by atoms with E-state index in [2.05, 4.69) is 25.1 Å². The number of hydrogen-bond donors (Lipinski definition) is 1. The Hall–Kier alpha value is -2.32.